The Morgan fingerprint density at radius 3 is 2.54 bits per heavy atom. The topological polar surface area (TPSA) is 54.3 Å². The highest BCUT2D eigenvalue weighted by Crippen LogP contribution is 2.20. The third kappa shape index (κ3) is 6.10. The minimum Gasteiger partial charge on any atom is -0.393 e. The summed E-state index contributed by atoms with van der Waals surface area (Å²) in [5.41, 5.74) is 0. The number of nitrogens with zero attached hydrogens (tertiary/aromatic N) is 4. The van der Waals surface area contributed by atoms with Crippen molar-refractivity contribution < 1.29 is 5.11 Å². The number of aliphatic hydroxyl groups excluding tert-OH is 1. The monoisotopic (exact) mass is 365 g/mol. The van der Waals surface area contributed by atoms with Crippen molar-refractivity contribution in [2.75, 3.05) is 65.4 Å². The first kappa shape index (κ1) is 19.9. The molecule has 3 heterocycles. The Labute approximate surface area is 159 Å². The number of guanidine groups is 1. The van der Waals surface area contributed by atoms with E-state index < -0.39 is 0 Å². The van der Waals surface area contributed by atoms with E-state index in [0.29, 0.717) is 0 Å². The summed E-state index contributed by atoms with van der Waals surface area (Å²) in [5, 5.41) is 13.1. The number of rotatable bonds is 7. The first-order chi connectivity index (χ1) is 12.7. The van der Waals surface area contributed by atoms with Gasteiger partial charge in [0.1, 0.15) is 0 Å². The zero-order valence-electron chi connectivity index (χ0n) is 16.7. The molecule has 3 fully saturated rings. The zero-order chi connectivity index (χ0) is 18.2. The van der Waals surface area contributed by atoms with Crippen molar-refractivity contribution in [1.29, 1.82) is 0 Å². The van der Waals surface area contributed by atoms with Gasteiger partial charge in [0.15, 0.2) is 5.96 Å². The van der Waals surface area contributed by atoms with Crippen LogP contribution in [0.2, 0.25) is 0 Å². The second-order valence-corrected chi connectivity index (χ2v) is 8.27. The average molecular weight is 366 g/mol. The van der Waals surface area contributed by atoms with Crippen molar-refractivity contribution in [2.45, 2.75) is 51.6 Å². The molecule has 3 aliphatic heterocycles. The van der Waals surface area contributed by atoms with Crippen LogP contribution in [0.3, 0.4) is 0 Å². The molecule has 150 valence electrons. The molecule has 0 saturated carbocycles. The molecule has 3 aliphatic rings. The van der Waals surface area contributed by atoms with Crippen LogP contribution in [0.25, 0.3) is 0 Å². The quantitative estimate of drug-likeness (QED) is 0.404. The molecule has 1 unspecified atom stereocenters. The van der Waals surface area contributed by atoms with Crippen LogP contribution in [-0.4, -0.2) is 97.3 Å². The molecule has 0 amide bonds. The molecule has 2 N–H and O–H groups in total. The van der Waals surface area contributed by atoms with Gasteiger partial charge in [0.05, 0.1) is 6.10 Å². The third-order valence-corrected chi connectivity index (χ3v) is 6.09. The summed E-state index contributed by atoms with van der Waals surface area (Å²) < 4.78 is 0. The number of aliphatic imine (C=N–C) groups is 1. The van der Waals surface area contributed by atoms with Crippen molar-refractivity contribution in [2.24, 2.45) is 10.9 Å². The van der Waals surface area contributed by atoms with E-state index in [-0.39, 0.29) is 6.10 Å². The molecule has 0 aromatic rings. The molecule has 1 atom stereocenters. The highest BCUT2D eigenvalue weighted by Gasteiger charge is 2.27. The normalized spacial score (nSPS) is 26.8. The molecular weight excluding hydrogens is 326 g/mol. The smallest absolute Gasteiger partial charge is 0.193 e. The Morgan fingerprint density at radius 2 is 1.81 bits per heavy atom. The highest BCUT2D eigenvalue weighted by molar-refractivity contribution is 5.80. The van der Waals surface area contributed by atoms with Gasteiger partial charge in [0.25, 0.3) is 0 Å². The Bertz CT molecular complexity index is 430. The van der Waals surface area contributed by atoms with Gasteiger partial charge in [-0.3, -0.25) is 4.99 Å². The first-order valence-electron chi connectivity index (χ1n) is 10.9. The summed E-state index contributed by atoms with van der Waals surface area (Å²) in [6, 6.07) is 0. The van der Waals surface area contributed by atoms with E-state index >= 15 is 0 Å². The van der Waals surface area contributed by atoms with E-state index in [9.17, 15) is 5.11 Å². The highest BCUT2D eigenvalue weighted by atomic mass is 16.3. The molecule has 0 aromatic carbocycles. The Hall–Kier alpha value is -0.850. The van der Waals surface area contributed by atoms with E-state index in [0.717, 1.165) is 77.0 Å². The molecular formula is C20H39N5O. The summed E-state index contributed by atoms with van der Waals surface area (Å²) in [5.74, 6) is 1.92. The maximum Gasteiger partial charge on any atom is 0.193 e. The van der Waals surface area contributed by atoms with Gasteiger partial charge >= 0.3 is 0 Å². The van der Waals surface area contributed by atoms with Gasteiger partial charge in [-0.05, 0) is 71.0 Å². The zero-order valence-corrected chi connectivity index (χ0v) is 16.7. The Kier molecular flexibility index (Phi) is 8.02. The maximum atomic E-state index is 9.60. The van der Waals surface area contributed by atoms with Gasteiger partial charge in [0.2, 0.25) is 0 Å². The predicted octanol–water partition coefficient (Wildman–Crippen LogP) is 1.22. The third-order valence-electron chi connectivity index (χ3n) is 6.09. The second kappa shape index (κ2) is 10.5. The molecule has 3 rings (SSSR count). The van der Waals surface area contributed by atoms with Crippen molar-refractivity contribution in [3.05, 3.63) is 0 Å². The van der Waals surface area contributed by atoms with Gasteiger partial charge in [0, 0.05) is 45.8 Å². The average Bonchev–Trinajstić information content (AvgIpc) is 3.32. The van der Waals surface area contributed by atoms with Crippen LogP contribution in [0, 0.1) is 5.92 Å². The summed E-state index contributed by atoms with van der Waals surface area (Å²) in [6.07, 6.45) is 6.96. The number of nitrogens with one attached hydrogen (secondary N) is 1. The van der Waals surface area contributed by atoms with Gasteiger partial charge < -0.3 is 25.1 Å². The number of aliphatic hydroxyl groups is 1. The largest absolute Gasteiger partial charge is 0.393 e. The maximum absolute atomic E-state index is 9.60. The lowest BCUT2D eigenvalue weighted by Gasteiger charge is -2.29. The van der Waals surface area contributed by atoms with E-state index in [4.69, 9.17) is 4.99 Å². The number of hydrogen-bond donors (Lipinski definition) is 2. The standard InChI is InChI=1S/C20H39N5O/c1-2-21-20(22-9-5-12-23-13-7-19(26)8-14-23)25-15-6-18(17-25)16-24-10-3-4-11-24/h18-19,26H,2-17H2,1H3,(H,21,22). The fourth-order valence-electron chi connectivity index (χ4n) is 4.55. The Morgan fingerprint density at radius 1 is 1.04 bits per heavy atom. The molecule has 0 radical (unpaired) electrons. The minimum atomic E-state index is -0.0756. The van der Waals surface area contributed by atoms with Crippen molar-refractivity contribution in [3.8, 4) is 0 Å². The van der Waals surface area contributed by atoms with Crippen LogP contribution < -0.4 is 5.32 Å². The lowest BCUT2D eigenvalue weighted by molar-refractivity contribution is 0.0824. The SMILES string of the molecule is CCNC(=NCCCN1CCC(O)CC1)N1CCC(CN2CCCC2)C1. The van der Waals surface area contributed by atoms with Crippen LogP contribution in [0.5, 0.6) is 0 Å². The summed E-state index contributed by atoms with van der Waals surface area (Å²) in [4.78, 5) is 12.5. The predicted molar refractivity (Wildman–Crippen MR) is 108 cm³/mol. The fraction of sp³-hybridized carbons (Fsp3) is 0.950. The van der Waals surface area contributed by atoms with Crippen LogP contribution >= 0.6 is 0 Å². The van der Waals surface area contributed by atoms with Crippen LogP contribution in [0.4, 0.5) is 0 Å². The van der Waals surface area contributed by atoms with Gasteiger partial charge in [-0.2, -0.15) is 0 Å². The van der Waals surface area contributed by atoms with E-state index in [2.05, 4.69) is 26.9 Å². The van der Waals surface area contributed by atoms with Gasteiger partial charge in [-0.1, -0.05) is 0 Å². The molecule has 0 bridgehead atoms. The van der Waals surface area contributed by atoms with Crippen LogP contribution in [0.1, 0.15) is 45.4 Å². The Balaban J connectivity index is 1.39. The summed E-state index contributed by atoms with van der Waals surface area (Å²) in [7, 11) is 0. The van der Waals surface area contributed by atoms with Gasteiger partial charge in [-0.15, -0.1) is 0 Å². The lowest BCUT2D eigenvalue weighted by Crippen LogP contribution is -2.41. The van der Waals surface area contributed by atoms with Gasteiger partial charge in [-0.25, -0.2) is 0 Å². The van der Waals surface area contributed by atoms with Crippen molar-refractivity contribution in [3.63, 3.8) is 0 Å². The molecule has 3 saturated heterocycles. The second-order valence-electron chi connectivity index (χ2n) is 8.27. The van der Waals surface area contributed by atoms with Crippen LogP contribution in [0.15, 0.2) is 4.99 Å². The summed E-state index contributed by atoms with van der Waals surface area (Å²) >= 11 is 0. The number of hydrogen-bond acceptors (Lipinski definition) is 4. The molecule has 26 heavy (non-hydrogen) atoms. The minimum absolute atomic E-state index is 0.0756. The van der Waals surface area contributed by atoms with Crippen molar-refractivity contribution >= 4 is 5.96 Å². The van der Waals surface area contributed by atoms with Crippen LogP contribution in [-0.2, 0) is 0 Å². The molecule has 6 nitrogen and oxygen atoms in total. The van der Waals surface area contributed by atoms with E-state index in [1.165, 1.54) is 38.9 Å². The van der Waals surface area contributed by atoms with E-state index in [1.54, 1.807) is 0 Å². The molecule has 0 spiro atoms. The summed E-state index contributed by atoms with van der Waals surface area (Å²) in [6.45, 7) is 13.4. The molecule has 6 heteroatoms. The molecule has 0 aromatic heterocycles. The van der Waals surface area contributed by atoms with Crippen molar-refractivity contribution in [1.82, 2.24) is 20.0 Å². The lowest BCUT2D eigenvalue weighted by atomic mass is 10.1. The number of piperidine rings is 1. The fourth-order valence-corrected chi connectivity index (χ4v) is 4.55. The molecule has 0 aliphatic carbocycles. The first-order valence-corrected chi connectivity index (χ1v) is 10.9. The van der Waals surface area contributed by atoms with E-state index in [1.807, 2.05) is 0 Å². The number of likely N-dealkylation sites (tertiary alicyclic amines) is 3.